The predicted octanol–water partition coefficient (Wildman–Crippen LogP) is 2.01. The predicted molar refractivity (Wildman–Crippen MR) is 99.0 cm³/mol. The highest BCUT2D eigenvalue weighted by molar-refractivity contribution is 5.69. The highest BCUT2D eigenvalue weighted by atomic mass is 16.8. The molecule has 1 aliphatic heterocycles. The lowest BCUT2D eigenvalue weighted by molar-refractivity contribution is -0.230. The summed E-state index contributed by atoms with van der Waals surface area (Å²) >= 11 is 0. The molecule has 0 bridgehead atoms. The average molecular weight is 380 g/mol. The van der Waals surface area contributed by atoms with E-state index in [4.69, 9.17) is 28.4 Å². The Labute approximate surface area is 159 Å². The number of aliphatic hydroxyl groups excluding tert-OH is 1. The van der Waals surface area contributed by atoms with Gasteiger partial charge in [0.1, 0.15) is 18.3 Å². The summed E-state index contributed by atoms with van der Waals surface area (Å²) < 4.78 is 33.3. The number of aliphatic hydroxyl groups is 1. The molecule has 1 aromatic rings. The Morgan fingerprint density at radius 3 is 2.15 bits per heavy atom. The molecule has 3 atom stereocenters. The molecule has 150 valence electrons. The maximum absolute atomic E-state index is 10.8. The highest BCUT2D eigenvalue weighted by Crippen LogP contribution is 2.43. The van der Waals surface area contributed by atoms with Crippen LogP contribution >= 0.6 is 0 Å². The second kappa shape index (κ2) is 8.58. The molecule has 0 amide bonds. The molecule has 0 saturated carbocycles. The van der Waals surface area contributed by atoms with E-state index in [0.717, 1.165) is 11.1 Å². The first-order chi connectivity index (χ1) is 13.1. The van der Waals surface area contributed by atoms with E-state index < -0.39 is 11.9 Å². The first kappa shape index (κ1) is 20.1. The molecule has 0 unspecified atom stereocenters. The van der Waals surface area contributed by atoms with Crippen molar-refractivity contribution in [3.63, 3.8) is 0 Å². The molecule has 7 heteroatoms. The van der Waals surface area contributed by atoms with Gasteiger partial charge in [0, 0.05) is 20.6 Å². The van der Waals surface area contributed by atoms with Crippen molar-refractivity contribution in [3.8, 4) is 11.5 Å². The van der Waals surface area contributed by atoms with E-state index >= 15 is 0 Å². The molecular formula is C20H28O7. The summed E-state index contributed by atoms with van der Waals surface area (Å²) in [6.07, 6.45) is 1.58. The lowest BCUT2D eigenvalue weighted by Gasteiger charge is -2.36. The summed E-state index contributed by atoms with van der Waals surface area (Å²) in [6.45, 7) is 0.767. The minimum atomic E-state index is -1.06. The van der Waals surface area contributed by atoms with Crippen LogP contribution in [0, 0.1) is 0 Å². The maximum Gasteiger partial charge on any atom is 0.199 e. The third-order valence-corrected chi connectivity index (χ3v) is 5.09. The average Bonchev–Trinajstić information content (AvgIpc) is 3.02. The summed E-state index contributed by atoms with van der Waals surface area (Å²) in [6, 6.07) is 5.72. The molecule has 3 rings (SSSR count). The Morgan fingerprint density at radius 1 is 1.00 bits per heavy atom. The molecule has 1 fully saturated rings. The Balaban J connectivity index is 1.81. The van der Waals surface area contributed by atoms with Gasteiger partial charge in [0.15, 0.2) is 17.3 Å². The van der Waals surface area contributed by atoms with Crippen LogP contribution in [-0.4, -0.2) is 70.9 Å². The van der Waals surface area contributed by atoms with E-state index in [1.54, 1.807) is 34.5 Å². The normalized spacial score (nSPS) is 26.9. The fourth-order valence-corrected chi connectivity index (χ4v) is 3.69. The Morgan fingerprint density at radius 2 is 1.63 bits per heavy atom. The molecule has 1 saturated heterocycles. The van der Waals surface area contributed by atoms with E-state index in [0.29, 0.717) is 37.6 Å². The Kier molecular flexibility index (Phi) is 6.39. The fourth-order valence-electron chi connectivity index (χ4n) is 3.69. The summed E-state index contributed by atoms with van der Waals surface area (Å²) in [7, 11) is 6.44. The quantitative estimate of drug-likeness (QED) is 0.775. The number of methoxy groups -OCH3 is 4. The zero-order chi connectivity index (χ0) is 19.4. The molecular weight excluding hydrogens is 352 g/mol. The van der Waals surface area contributed by atoms with Crippen molar-refractivity contribution in [2.75, 3.05) is 41.7 Å². The number of benzene rings is 1. The molecule has 1 heterocycles. The highest BCUT2D eigenvalue weighted by Gasteiger charge is 2.52. The van der Waals surface area contributed by atoms with Crippen LogP contribution in [-0.2, 0) is 18.9 Å². The van der Waals surface area contributed by atoms with Crippen molar-refractivity contribution >= 4 is 5.57 Å². The Bertz CT molecular complexity index is 658. The monoisotopic (exact) mass is 380 g/mol. The van der Waals surface area contributed by atoms with Gasteiger partial charge in [-0.1, -0.05) is 6.07 Å². The summed E-state index contributed by atoms with van der Waals surface area (Å²) in [5, 5.41) is 10.8. The fraction of sp³-hybridized carbons (Fsp3) is 0.600. The van der Waals surface area contributed by atoms with Crippen molar-refractivity contribution < 1.29 is 33.5 Å². The molecule has 1 spiro atoms. The van der Waals surface area contributed by atoms with Gasteiger partial charge in [0.25, 0.3) is 0 Å². The number of hydrogen-bond donors (Lipinski definition) is 1. The van der Waals surface area contributed by atoms with Crippen LogP contribution in [0.2, 0.25) is 0 Å². The maximum atomic E-state index is 10.8. The SMILES string of the molecule is COC[C@@H]1OC2(CCC(c3ccc(OC)c(OC)c3)=C[C@@H]2O)O[C@H]1COC. The van der Waals surface area contributed by atoms with Gasteiger partial charge in [0.2, 0.25) is 0 Å². The van der Waals surface area contributed by atoms with Crippen LogP contribution in [0.3, 0.4) is 0 Å². The number of hydrogen-bond acceptors (Lipinski definition) is 7. The smallest absolute Gasteiger partial charge is 0.199 e. The largest absolute Gasteiger partial charge is 0.493 e. The standard InChI is InChI=1S/C20H28O7/c1-22-11-17-18(12-23-2)27-20(26-17)8-7-14(10-19(20)21)13-5-6-15(24-3)16(9-13)25-4/h5-6,9-10,17-19,21H,7-8,11-12H2,1-4H3/t17-,18-,19-/m0/s1. The lowest BCUT2D eigenvalue weighted by atomic mass is 9.88. The van der Waals surface area contributed by atoms with Crippen LogP contribution in [0.1, 0.15) is 18.4 Å². The zero-order valence-corrected chi connectivity index (χ0v) is 16.3. The van der Waals surface area contributed by atoms with Gasteiger partial charge in [-0.25, -0.2) is 0 Å². The van der Waals surface area contributed by atoms with E-state index in [1.165, 1.54) is 0 Å². The number of allylic oxidation sites excluding steroid dienone is 1. The van der Waals surface area contributed by atoms with Crippen LogP contribution in [0.5, 0.6) is 11.5 Å². The minimum Gasteiger partial charge on any atom is -0.493 e. The molecule has 1 N–H and O–H groups in total. The summed E-state index contributed by atoms with van der Waals surface area (Å²) in [4.78, 5) is 0. The van der Waals surface area contributed by atoms with Crippen molar-refractivity contribution in [3.05, 3.63) is 29.8 Å². The molecule has 2 aliphatic rings. The van der Waals surface area contributed by atoms with Gasteiger partial charge >= 0.3 is 0 Å². The molecule has 27 heavy (non-hydrogen) atoms. The van der Waals surface area contributed by atoms with Crippen molar-refractivity contribution in [2.45, 2.75) is 36.9 Å². The molecule has 1 aliphatic carbocycles. The van der Waals surface area contributed by atoms with E-state index in [1.807, 2.05) is 18.2 Å². The zero-order valence-electron chi connectivity index (χ0n) is 16.3. The molecule has 1 aromatic carbocycles. The second-order valence-corrected chi connectivity index (χ2v) is 6.74. The Hall–Kier alpha value is -1.64. The van der Waals surface area contributed by atoms with Gasteiger partial charge in [-0.05, 0) is 35.8 Å². The van der Waals surface area contributed by atoms with Crippen LogP contribution in [0.4, 0.5) is 0 Å². The van der Waals surface area contributed by atoms with Crippen molar-refractivity contribution in [1.29, 1.82) is 0 Å². The number of rotatable bonds is 7. The summed E-state index contributed by atoms with van der Waals surface area (Å²) in [5.74, 6) is 0.258. The first-order valence-electron chi connectivity index (χ1n) is 9.01. The summed E-state index contributed by atoms with van der Waals surface area (Å²) in [5.41, 5.74) is 1.99. The lowest BCUT2D eigenvalue weighted by Crippen LogP contribution is -2.45. The van der Waals surface area contributed by atoms with Crippen molar-refractivity contribution in [1.82, 2.24) is 0 Å². The van der Waals surface area contributed by atoms with Gasteiger partial charge in [-0.3, -0.25) is 0 Å². The molecule has 0 aromatic heterocycles. The third-order valence-electron chi connectivity index (χ3n) is 5.09. The van der Waals surface area contributed by atoms with Crippen LogP contribution in [0.25, 0.3) is 5.57 Å². The second-order valence-electron chi connectivity index (χ2n) is 6.74. The van der Waals surface area contributed by atoms with Crippen LogP contribution in [0.15, 0.2) is 24.3 Å². The molecule has 7 nitrogen and oxygen atoms in total. The van der Waals surface area contributed by atoms with Gasteiger partial charge < -0.3 is 33.5 Å². The minimum absolute atomic E-state index is 0.277. The first-order valence-corrected chi connectivity index (χ1v) is 9.01. The van der Waals surface area contributed by atoms with Gasteiger partial charge in [-0.2, -0.15) is 0 Å². The number of ether oxygens (including phenoxy) is 6. The van der Waals surface area contributed by atoms with Gasteiger partial charge in [-0.15, -0.1) is 0 Å². The van der Waals surface area contributed by atoms with Crippen molar-refractivity contribution in [2.24, 2.45) is 0 Å². The van der Waals surface area contributed by atoms with E-state index in [9.17, 15) is 5.11 Å². The van der Waals surface area contributed by atoms with Gasteiger partial charge in [0.05, 0.1) is 27.4 Å². The topological polar surface area (TPSA) is 75.6 Å². The third kappa shape index (κ3) is 3.97. The van der Waals surface area contributed by atoms with Crippen LogP contribution < -0.4 is 9.47 Å². The van der Waals surface area contributed by atoms with E-state index in [-0.39, 0.29) is 12.2 Å². The molecule has 0 radical (unpaired) electrons. The van der Waals surface area contributed by atoms with E-state index in [2.05, 4.69) is 0 Å².